The highest BCUT2D eigenvalue weighted by atomic mass is 32.2. The first-order valence-corrected chi connectivity index (χ1v) is 10.8. The molecular weight excluding hydrogens is 380 g/mol. The first-order valence-electron chi connectivity index (χ1n) is 9.41. The van der Waals surface area contributed by atoms with Crippen LogP contribution in [0.15, 0.2) is 47.5 Å². The van der Waals surface area contributed by atoms with Crippen LogP contribution in [0.3, 0.4) is 0 Å². The Bertz CT molecular complexity index is 962. The van der Waals surface area contributed by atoms with E-state index in [0.29, 0.717) is 49.8 Å². The van der Waals surface area contributed by atoms with Crippen molar-refractivity contribution in [3.8, 4) is 11.5 Å². The standard InChI is InChI=1S/C20H22N2O5S/c23-20(17-6-1-2-9-21-17)15-5-3-10-22(14-15)28(24,25)16-7-8-18-19(13-16)27-12-4-11-26-18/h1-2,6-9,13,15H,3-5,10-12,14H2. The number of fused-ring (bicyclic) bond motifs is 1. The third-order valence-electron chi connectivity index (χ3n) is 5.03. The highest BCUT2D eigenvalue weighted by Gasteiger charge is 2.34. The van der Waals surface area contributed by atoms with Crippen molar-refractivity contribution in [3.05, 3.63) is 48.3 Å². The average molecular weight is 402 g/mol. The van der Waals surface area contributed by atoms with E-state index in [-0.39, 0.29) is 23.1 Å². The van der Waals surface area contributed by atoms with Crippen LogP contribution in [0, 0.1) is 5.92 Å². The highest BCUT2D eigenvalue weighted by molar-refractivity contribution is 7.89. The van der Waals surface area contributed by atoms with Crippen LogP contribution in [0.25, 0.3) is 0 Å². The van der Waals surface area contributed by atoms with Gasteiger partial charge >= 0.3 is 0 Å². The van der Waals surface area contributed by atoms with Gasteiger partial charge in [-0.15, -0.1) is 0 Å². The Morgan fingerprint density at radius 1 is 1.07 bits per heavy atom. The summed E-state index contributed by atoms with van der Waals surface area (Å²) in [5.74, 6) is 0.494. The largest absolute Gasteiger partial charge is 0.490 e. The lowest BCUT2D eigenvalue weighted by molar-refractivity contribution is 0.0867. The third-order valence-corrected chi connectivity index (χ3v) is 6.89. The van der Waals surface area contributed by atoms with Gasteiger partial charge in [-0.25, -0.2) is 8.42 Å². The molecule has 3 heterocycles. The molecule has 0 aliphatic carbocycles. The molecule has 2 aromatic rings. The fourth-order valence-electron chi connectivity index (χ4n) is 3.55. The van der Waals surface area contributed by atoms with Gasteiger partial charge in [-0.2, -0.15) is 4.31 Å². The van der Waals surface area contributed by atoms with Gasteiger partial charge in [0.1, 0.15) is 5.69 Å². The number of carbonyl (C=O) groups excluding carboxylic acids is 1. The zero-order valence-corrected chi connectivity index (χ0v) is 16.2. The van der Waals surface area contributed by atoms with Crippen LogP contribution in [0.5, 0.6) is 11.5 Å². The lowest BCUT2D eigenvalue weighted by atomic mass is 9.93. The van der Waals surface area contributed by atoms with E-state index in [0.717, 1.165) is 6.42 Å². The Hall–Kier alpha value is -2.45. The van der Waals surface area contributed by atoms with Crippen LogP contribution in [0.2, 0.25) is 0 Å². The van der Waals surface area contributed by atoms with Gasteiger partial charge < -0.3 is 9.47 Å². The van der Waals surface area contributed by atoms with E-state index in [4.69, 9.17) is 9.47 Å². The second-order valence-corrected chi connectivity index (χ2v) is 8.88. The Morgan fingerprint density at radius 2 is 1.89 bits per heavy atom. The molecule has 1 fully saturated rings. The Labute approximate surface area is 164 Å². The van der Waals surface area contributed by atoms with Gasteiger partial charge in [0.25, 0.3) is 0 Å². The molecular formula is C20H22N2O5S. The second kappa shape index (κ2) is 7.89. The molecule has 0 spiro atoms. The van der Waals surface area contributed by atoms with Gasteiger partial charge in [-0.05, 0) is 37.1 Å². The maximum Gasteiger partial charge on any atom is 0.243 e. The summed E-state index contributed by atoms with van der Waals surface area (Å²) in [4.78, 5) is 17.0. The summed E-state index contributed by atoms with van der Waals surface area (Å²) in [7, 11) is -3.73. The highest BCUT2D eigenvalue weighted by Crippen LogP contribution is 2.34. The number of ketones is 1. The van der Waals surface area contributed by atoms with E-state index in [1.54, 1.807) is 30.5 Å². The number of Topliss-reactive ketones (excluding diaryl/α,β-unsaturated/α-hetero) is 1. The predicted octanol–water partition coefficient (Wildman–Crippen LogP) is 2.53. The van der Waals surface area contributed by atoms with Crippen LogP contribution in [-0.2, 0) is 10.0 Å². The second-order valence-electron chi connectivity index (χ2n) is 6.94. The fourth-order valence-corrected chi connectivity index (χ4v) is 5.09. The summed E-state index contributed by atoms with van der Waals surface area (Å²) in [6.45, 7) is 1.58. The van der Waals surface area contributed by atoms with Crippen LogP contribution in [0.4, 0.5) is 0 Å². The molecule has 2 aliphatic rings. The van der Waals surface area contributed by atoms with Crippen molar-refractivity contribution in [1.82, 2.24) is 9.29 Å². The number of sulfonamides is 1. The van der Waals surface area contributed by atoms with Crippen molar-refractivity contribution in [2.45, 2.75) is 24.2 Å². The number of benzene rings is 1. The number of carbonyl (C=O) groups is 1. The number of pyridine rings is 1. The van der Waals surface area contributed by atoms with Crippen molar-refractivity contribution in [1.29, 1.82) is 0 Å². The smallest absolute Gasteiger partial charge is 0.243 e. The Kier molecular flexibility index (Phi) is 5.32. The topological polar surface area (TPSA) is 85.8 Å². The summed E-state index contributed by atoms with van der Waals surface area (Å²) >= 11 is 0. The normalized spacial score (nSPS) is 20.4. The van der Waals surface area contributed by atoms with Crippen molar-refractivity contribution in [3.63, 3.8) is 0 Å². The molecule has 2 aliphatic heterocycles. The van der Waals surface area contributed by atoms with Crippen molar-refractivity contribution >= 4 is 15.8 Å². The van der Waals surface area contributed by atoms with E-state index >= 15 is 0 Å². The van der Waals surface area contributed by atoms with Gasteiger partial charge in [-0.1, -0.05) is 6.07 Å². The number of hydrogen-bond acceptors (Lipinski definition) is 6. The molecule has 0 amide bonds. The Balaban J connectivity index is 1.56. The molecule has 7 nitrogen and oxygen atoms in total. The fraction of sp³-hybridized carbons (Fsp3) is 0.400. The minimum Gasteiger partial charge on any atom is -0.490 e. The predicted molar refractivity (Wildman–Crippen MR) is 102 cm³/mol. The van der Waals surface area contributed by atoms with Crippen molar-refractivity contribution in [2.75, 3.05) is 26.3 Å². The van der Waals surface area contributed by atoms with Gasteiger partial charge in [0.05, 0.1) is 18.1 Å². The molecule has 0 radical (unpaired) electrons. The SMILES string of the molecule is O=C(c1ccccn1)C1CCCN(S(=O)(=O)c2ccc3c(c2)OCCCO3)C1. The van der Waals surface area contributed by atoms with E-state index < -0.39 is 10.0 Å². The minimum atomic E-state index is -3.73. The zero-order chi connectivity index (χ0) is 19.6. The molecule has 1 aromatic carbocycles. The lowest BCUT2D eigenvalue weighted by Gasteiger charge is -2.31. The molecule has 1 unspecified atom stereocenters. The third kappa shape index (κ3) is 3.74. The van der Waals surface area contributed by atoms with Crippen molar-refractivity contribution < 1.29 is 22.7 Å². The zero-order valence-electron chi connectivity index (χ0n) is 15.4. The van der Waals surface area contributed by atoms with Crippen LogP contribution >= 0.6 is 0 Å². The molecule has 0 saturated carbocycles. The lowest BCUT2D eigenvalue weighted by Crippen LogP contribution is -2.42. The van der Waals surface area contributed by atoms with E-state index in [1.807, 2.05) is 0 Å². The number of aromatic nitrogens is 1. The quantitative estimate of drug-likeness (QED) is 0.731. The number of rotatable bonds is 4. The number of ether oxygens (including phenoxy) is 2. The number of nitrogens with zero attached hydrogens (tertiary/aromatic N) is 2. The minimum absolute atomic E-state index is 0.112. The first kappa shape index (κ1) is 18.9. The molecule has 148 valence electrons. The van der Waals surface area contributed by atoms with Crippen molar-refractivity contribution in [2.24, 2.45) is 5.92 Å². The molecule has 4 rings (SSSR count). The van der Waals surface area contributed by atoms with Gasteiger partial charge in [0, 0.05) is 37.7 Å². The molecule has 0 N–H and O–H groups in total. The number of piperidine rings is 1. The van der Waals surface area contributed by atoms with E-state index in [1.165, 1.54) is 16.4 Å². The van der Waals surface area contributed by atoms with Crippen LogP contribution < -0.4 is 9.47 Å². The summed E-state index contributed by atoms with van der Waals surface area (Å²) in [6, 6.07) is 9.86. The summed E-state index contributed by atoms with van der Waals surface area (Å²) < 4.78 is 38.9. The first-order chi connectivity index (χ1) is 13.6. The molecule has 28 heavy (non-hydrogen) atoms. The van der Waals surface area contributed by atoms with Gasteiger partial charge in [0.15, 0.2) is 17.3 Å². The van der Waals surface area contributed by atoms with E-state index in [9.17, 15) is 13.2 Å². The molecule has 8 heteroatoms. The van der Waals surface area contributed by atoms with Crippen LogP contribution in [0.1, 0.15) is 29.8 Å². The monoisotopic (exact) mass is 402 g/mol. The molecule has 1 saturated heterocycles. The Morgan fingerprint density at radius 3 is 2.68 bits per heavy atom. The average Bonchev–Trinajstić information content (AvgIpc) is 2.99. The van der Waals surface area contributed by atoms with Gasteiger partial charge in [-0.3, -0.25) is 9.78 Å². The maximum absolute atomic E-state index is 13.2. The number of hydrogen-bond donors (Lipinski definition) is 0. The van der Waals surface area contributed by atoms with Crippen LogP contribution in [-0.4, -0.2) is 49.8 Å². The summed E-state index contributed by atoms with van der Waals surface area (Å²) in [5, 5.41) is 0. The van der Waals surface area contributed by atoms with E-state index in [2.05, 4.69) is 4.98 Å². The summed E-state index contributed by atoms with van der Waals surface area (Å²) in [5.41, 5.74) is 0.377. The molecule has 1 aromatic heterocycles. The maximum atomic E-state index is 13.2. The van der Waals surface area contributed by atoms with Gasteiger partial charge in [0.2, 0.25) is 10.0 Å². The molecule has 1 atom stereocenters. The molecule has 0 bridgehead atoms. The summed E-state index contributed by atoms with van der Waals surface area (Å²) in [6.07, 6.45) is 3.61.